The summed E-state index contributed by atoms with van der Waals surface area (Å²) in [4.78, 5) is 0. The molecule has 2 N–H and O–H groups in total. The number of nitrogens with two attached hydrogens (primary N) is 1. The molecule has 0 bridgehead atoms. The molecular weight excluding hydrogens is 275 g/mol. The zero-order valence-electron chi connectivity index (χ0n) is 12.5. The average molecular weight is 293 g/mol. The number of hydrogen-bond donors (Lipinski definition) is 1. The second kappa shape index (κ2) is 5.10. The van der Waals surface area contributed by atoms with Crippen molar-refractivity contribution in [3.63, 3.8) is 0 Å². The molecule has 0 aliphatic heterocycles. The third kappa shape index (κ3) is 2.75. The molecule has 2 aromatic carbocycles. The van der Waals surface area contributed by atoms with Crippen molar-refractivity contribution < 1.29 is 13.2 Å². The Balaban J connectivity index is 2.69. The minimum Gasteiger partial charge on any atom is -0.398 e. The van der Waals surface area contributed by atoms with Gasteiger partial charge in [-0.05, 0) is 67.6 Å². The number of aryl methyl sites for hydroxylation is 2. The van der Waals surface area contributed by atoms with E-state index in [2.05, 4.69) is 6.07 Å². The lowest BCUT2D eigenvalue weighted by atomic mass is 9.88. The van der Waals surface area contributed by atoms with E-state index in [1.807, 2.05) is 27.7 Å². The summed E-state index contributed by atoms with van der Waals surface area (Å²) in [6, 6.07) is 5.63. The first kappa shape index (κ1) is 15.4. The predicted octanol–water partition coefficient (Wildman–Crippen LogP) is 5.19. The highest BCUT2D eigenvalue weighted by Crippen LogP contribution is 2.38. The topological polar surface area (TPSA) is 26.0 Å². The minimum absolute atomic E-state index is 0.154. The minimum atomic E-state index is -4.38. The highest BCUT2D eigenvalue weighted by Gasteiger charge is 2.31. The summed E-state index contributed by atoms with van der Waals surface area (Å²) in [7, 11) is 0. The van der Waals surface area contributed by atoms with Crippen LogP contribution in [0.4, 0.5) is 18.9 Å². The summed E-state index contributed by atoms with van der Waals surface area (Å²) < 4.78 is 38.2. The normalized spacial score (nSPS) is 11.8. The zero-order valence-corrected chi connectivity index (χ0v) is 12.5. The van der Waals surface area contributed by atoms with E-state index in [1.165, 1.54) is 6.07 Å². The molecule has 0 aliphatic carbocycles. The van der Waals surface area contributed by atoms with Gasteiger partial charge in [-0.1, -0.05) is 12.1 Å². The first-order chi connectivity index (χ1) is 9.62. The molecule has 0 radical (unpaired) electrons. The molecule has 0 fully saturated rings. The van der Waals surface area contributed by atoms with Crippen LogP contribution in [0.3, 0.4) is 0 Å². The van der Waals surface area contributed by atoms with Crippen LogP contribution in [0, 0.1) is 27.7 Å². The first-order valence-corrected chi connectivity index (χ1v) is 6.67. The second-order valence-corrected chi connectivity index (χ2v) is 5.44. The molecule has 0 unspecified atom stereocenters. The van der Waals surface area contributed by atoms with Crippen molar-refractivity contribution in [2.45, 2.75) is 33.9 Å². The van der Waals surface area contributed by atoms with Gasteiger partial charge in [0, 0.05) is 11.3 Å². The number of benzene rings is 2. The monoisotopic (exact) mass is 293 g/mol. The van der Waals surface area contributed by atoms with E-state index in [0.717, 1.165) is 39.9 Å². The van der Waals surface area contributed by atoms with Crippen LogP contribution in [0.15, 0.2) is 24.3 Å². The van der Waals surface area contributed by atoms with E-state index in [4.69, 9.17) is 5.73 Å². The van der Waals surface area contributed by atoms with Crippen LogP contribution in [0.1, 0.15) is 27.8 Å². The molecular formula is C17H18F3N. The van der Waals surface area contributed by atoms with Crippen molar-refractivity contribution in [1.82, 2.24) is 0 Å². The Labute approximate surface area is 122 Å². The standard InChI is InChI=1S/C17H18F3N/c1-9-7-10(2)12(4)16(11(9)3)14-6-5-13(8-15(14)21)17(18,19)20/h5-8H,21H2,1-4H3. The summed E-state index contributed by atoms with van der Waals surface area (Å²) in [5.74, 6) is 0. The molecule has 0 atom stereocenters. The second-order valence-electron chi connectivity index (χ2n) is 5.44. The molecule has 0 aliphatic rings. The third-order valence-electron chi connectivity index (χ3n) is 4.01. The van der Waals surface area contributed by atoms with Crippen LogP contribution in [-0.4, -0.2) is 0 Å². The van der Waals surface area contributed by atoms with Gasteiger partial charge in [0.1, 0.15) is 0 Å². The van der Waals surface area contributed by atoms with Gasteiger partial charge in [-0.3, -0.25) is 0 Å². The number of halogens is 3. The third-order valence-corrected chi connectivity index (χ3v) is 4.01. The lowest BCUT2D eigenvalue weighted by Gasteiger charge is -2.18. The van der Waals surface area contributed by atoms with Gasteiger partial charge < -0.3 is 5.73 Å². The maximum atomic E-state index is 12.7. The van der Waals surface area contributed by atoms with Crippen LogP contribution in [0.25, 0.3) is 11.1 Å². The van der Waals surface area contributed by atoms with Crippen molar-refractivity contribution in [2.24, 2.45) is 0 Å². The van der Waals surface area contributed by atoms with Crippen LogP contribution in [-0.2, 0) is 6.18 Å². The average Bonchev–Trinajstić information content (AvgIpc) is 2.37. The molecule has 0 saturated carbocycles. The first-order valence-electron chi connectivity index (χ1n) is 6.67. The summed E-state index contributed by atoms with van der Waals surface area (Å²) in [5, 5.41) is 0. The Morgan fingerprint density at radius 2 is 1.38 bits per heavy atom. The van der Waals surface area contributed by atoms with Gasteiger partial charge in [0.05, 0.1) is 5.56 Å². The molecule has 2 rings (SSSR count). The highest BCUT2D eigenvalue weighted by molar-refractivity contribution is 5.82. The lowest BCUT2D eigenvalue weighted by molar-refractivity contribution is -0.137. The Kier molecular flexibility index (Phi) is 3.74. The van der Waals surface area contributed by atoms with Crippen molar-refractivity contribution in [1.29, 1.82) is 0 Å². The Hall–Kier alpha value is -1.97. The number of hydrogen-bond acceptors (Lipinski definition) is 1. The van der Waals surface area contributed by atoms with Crippen molar-refractivity contribution in [3.8, 4) is 11.1 Å². The molecule has 0 aromatic heterocycles. The summed E-state index contributed by atoms with van der Waals surface area (Å²) in [6.45, 7) is 7.92. The molecule has 0 heterocycles. The SMILES string of the molecule is Cc1cc(C)c(C)c(-c2ccc(C(F)(F)F)cc2N)c1C. The molecule has 4 heteroatoms. The van der Waals surface area contributed by atoms with Gasteiger partial charge in [-0.2, -0.15) is 13.2 Å². The van der Waals surface area contributed by atoms with E-state index in [-0.39, 0.29) is 5.69 Å². The summed E-state index contributed by atoms with van der Waals surface area (Å²) in [6.07, 6.45) is -4.38. The quantitative estimate of drug-likeness (QED) is 0.719. The molecule has 1 nitrogen and oxygen atoms in total. The van der Waals surface area contributed by atoms with Gasteiger partial charge in [-0.15, -0.1) is 0 Å². The van der Waals surface area contributed by atoms with E-state index >= 15 is 0 Å². The van der Waals surface area contributed by atoms with Crippen molar-refractivity contribution in [2.75, 3.05) is 5.73 Å². The lowest BCUT2D eigenvalue weighted by Crippen LogP contribution is -2.06. The Bertz CT molecular complexity index is 674. The molecule has 0 spiro atoms. The Morgan fingerprint density at radius 1 is 0.857 bits per heavy atom. The van der Waals surface area contributed by atoms with Crippen LogP contribution in [0.2, 0.25) is 0 Å². The van der Waals surface area contributed by atoms with Gasteiger partial charge in [0.2, 0.25) is 0 Å². The maximum absolute atomic E-state index is 12.7. The van der Waals surface area contributed by atoms with E-state index in [0.29, 0.717) is 5.56 Å². The smallest absolute Gasteiger partial charge is 0.398 e. The van der Waals surface area contributed by atoms with Gasteiger partial charge >= 0.3 is 6.18 Å². The fourth-order valence-corrected chi connectivity index (χ4v) is 2.59. The van der Waals surface area contributed by atoms with Crippen LogP contribution < -0.4 is 5.73 Å². The van der Waals surface area contributed by atoms with E-state index < -0.39 is 11.7 Å². The molecule has 112 valence electrons. The fourth-order valence-electron chi connectivity index (χ4n) is 2.59. The van der Waals surface area contributed by atoms with Gasteiger partial charge in [0.25, 0.3) is 0 Å². The molecule has 2 aromatic rings. The molecule has 21 heavy (non-hydrogen) atoms. The summed E-state index contributed by atoms with van der Waals surface area (Å²) >= 11 is 0. The number of anilines is 1. The van der Waals surface area contributed by atoms with Gasteiger partial charge in [-0.25, -0.2) is 0 Å². The van der Waals surface area contributed by atoms with Gasteiger partial charge in [0.15, 0.2) is 0 Å². The zero-order chi connectivity index (χ0) is 15.9. The van der Waals surface area contributed by atoms with E-state index in [1.54, 1.807) is 0 Å². The number of nitrogen functional groups attached to an aromatic ring is 1. The summed E-state index contributed by atoms with van der Waals surface area (Å²) in [5.41, 5.74) is 11.2. The fraction of sp³-hybridized carbons (Fsp3) is 0.294. The van der Waals surface area contributed by atoms with Crippen molar-refractivity contribution in [3.05, 3.63) is 52.1 Å². The van der Waals surface area contributed by atoms with Crippen molar-refractivity contribution >= 4 is 5.69 Å². The predicted molar refractivity (Wildman–Crippen MR) is 80.2 cm³/mol. The molecule has 0 amide bonds. The Morgan fingerprint density at radius 3 is 1.81 bits per heavy atom. The maximum Gasteiger partial charge on any atom is 0.416 e. The molecule has 0 saturated heterocycles. The van der Waals surface area contributed by atoms with Crippen LogP contribution in [0.5, 0.6) is 0 Å². The number of alkyl halides is 3. The largest absolute Gasteiger partial charge is 0.416 e. The number of rotatable bonds is 1. The van der Waals surface area contributed by atoms with Crippen LogP contribution >= 0.6 is 0 Å². The van der Waals surface area contributed by atoms with E-state index in [9.17, 15) is 13.2 Å². The highest BCUT2D eigenvalue weighted by atomic mass is 19.4.